The summed E-state index contributed by atoms with van der Waals surface area (Å²) in [5.74, 6) is -0.741. The summed E-state index contributed by atoms with van der Waals surface area (Å²) in [5.41, 5.74) is 5.19. The van der Waals surface area contributed by atoms with Gasteiger partial charge in [-0.2, -0.15) is 0 Å². The summed E-state index contributed by atoms with van der Waals surface area (Å²) in [6.45, 7) is 0. The fraction of sp³-hybridized carbons (Fsp3) is 0.143. The molecule has 0 unspecified atom stereocenters. The van der Waals surface area contributed by atoms with Gasteiger partial charge in [0.05, 0.1) is 10.6 Å². The second-order valence-corrected chi connectivity index (χ2v) is 5.44. The monoisotopic (exact) mass is 267 g/mol. The summed E-state index contributed by atoms with van der Waals surface area (Å²) >= 11 is 2.96. The maximum atomic E-state index is 13.0. The van der Waals surface area contributed by atoms with Crippen molar-refractivity contribution in [3.8, 4) is 0 Å². The molecule has 0 saturated heterocycles. The lowest BCUT2D eigenvalue weighted by Gasteiger charge is -2.03. The molecule has 0 saturated carbocycles. The maximum Gasteiger partial charge on any atom is 0.175 e. The maximum absolute atomic E-state index is 13.0. The number of rotatable bonds is 1. The zero-order valence-corrected chi connectivity index (χ0v) is 9.12. The van der Waals surface area contributed by atoms with Crippen LogP contribution >= 0.6 is 15.9 Å². The topological polar surface area (TPSA) is 60.2 Å². The van der Waals surface area contributed by atoms with Crippen LogP contribution in [0.15, 0.2) is 21.5 Å². The van der Waals surface area contributed by atoms with Gasteiger partial charge in [-0.15, -0.1) is 0 Å². The lowest BCUT2D eigenvalue weighted by Crippen LogP contribution is -2.00. The Morgan fingerprint density at radius 3 is 2.38 bits per heavy atom. The van der Waals surface area contributed by atoms with E-state index >= 15 is 0 Å². The largest absolute Gasteiger partial charge is 0.395 e. The van der Waals surface area contributed by atoms with Gasteiger partial charge in [0, 0.05) is 10.7 Å². The fourth-order valence-corrected chi connectivity index (χ4v) is 2.01. The summed E-state index contributed by atoms with van der Waals surface area (Å²) in [4.78, 5) is -0.0916. The molecule has 0 fully saturated rings. The van der Waals surface area contributed by atoms with Gasteiger partial charge in [-0.3, -0.25) is 0 Å². The van der Waals surface area contributed by atoms with Gasteiger partial charge in [-0.1, -0.05) is 0 Å². The van der Waals surface area contributed by atoms with Crippen LogP contribution < -0.4 is 5.73 Å². The second-order valence-electron chi connectivity index (χ2n) is 2.57. The van der Waals surface area contributed by atoms with Gasteiger partial charge in [-0.25, -0.2) is 12.8 Å². The van der Waals surface area contributed by atoms with Crippen molar-refractivity contribution in [2.75, 3.05) is 12.0 Å². The van der Waals surface area contributed by atoms with E-state index in [4.69, 9.17) is 5.73 Å². The highest BCUT2D eigenvalue weighted by Crippen LogP contribution is 2.26. The van der Waals surface area contributed by atoms with E-state index < -0.39 is 15.7 Å². The van der Waals surface area contributed by atoms with Crippen molar-refractivity contribution < 1.29 is 12.8 Å². The molecule has 1 rings (SSSR count). The first-order chi connectivity index (χ1) is 5.82. The van der Waals surface area contributed by atoms with E-state index in [1.807, 2.05) is 0 Å². The highest BCUT2D eigenvalue weighted by molar-refractivity contribution is 9.10. The molecule has 0 radical (unpaired) electrons. The molecular formula is C7H7BrFNO2S. The molecule has 0 aromatic heterocycles. The minimum absolute atomic E-state index is 0.0904. The smallest absolute Gasteiger partial charge is 0.175 e. The molecule has 1 aromatic carbocycles. The molecule has 0 heterocycles. The van der Waals surface area contributed by atoms with Crippen molar-refractivity contribution in [3.05, 3.63) is 22.4 Å². The summed E-state index contributed by atoms with van der Waals surface area (Å²) in [5, 5.41) is 0. The number of anilines is 1. The average Bonchev–Trinajstić information content (AvgIpc) is 1.97. The number of hydrogen-bond donors (Lipinski definition) is 1. The minimum atomic E-state index is -3.39. The Balaban J connectivity index is 3.47. The third-order valence-electron chi connectivity index (χ3n) is 1.48. The summed E-state index contributed by atoms with van der Waals surface area (Å²) in [6.07, 6.45) is 1.00. The Kier molecular flexibility index (Phi) is 2.63. The Morgan fingerprint density at radius 2 is 2.00 bits per heavy atom. The van der Waals surface area contributed by atoms with Crippen LogP contribution in [-0.2, 0) is 9.84 Å². The first-order valence-corrected chi connectivity index (χ1v) is 5.95. The minimum Gasteiger partial charge on any atom is -0.395 e. The molecule has 0 aliphatic rings. The molecular weight excluding hydrogens is 261 g/mol. The van der Waals surface area contributed by atoms with Crippen molar-refractivity contribution in [3.63, 3.8) is 0 Å². The third-order valence-corrected chi connectivity index (χ3v) is 3.23. The van der Waals surface area contributed by atoms with Crippen LogP contribution in [0, 0.1) is 5.82 Å². The number of nitrogen functional groups attached to an aromatic ring is 1. The molecule has 0 bridgehead atoms. The second kappa shape index (κ2) is 3.26. The van der Waals surface area contributed by atoms with Crippen LogP contribution in [0.1, 0.15) is 0 Å². The van der Waals surface area contributed by atoms with Crippen LogP contribution in [0.2, 0.25) is 0 Å². The van der Waals surface area contributed by atoms with Gasteiger partial charge in [0.1, 0.15) is 5.82 Å². The number of halogens is 2. The first-order valence-electron chi connectivity index (χ1n) is 3.27. The van der Waals surface area contributed by atoms with E-state index in [0.29, 0.717) is 0 Å². The number of sulfone groups is 1. The fourth-order valence-electron chi connectivity index (χ4n) is 0.775. The van der Waals surface area contributed by atoms with Gasteiger partial charge in [-0.05, 0) is 28.1 Å². The average molecular weight is 268 g/mol. The van der Waals surface area contributed by atoms with Crippen molar-refractivity contribution in [2.24, 2.45) is 0 Å². The van der Waals surface area contributed by atoms with Crippen LogP contribution in [0.5, 0.6) is 0 Å². The normalized spacial score (nSPS) is 11.6. The summed E-state index contributed by atoms with van der Waals surface area (Å²) < 4.78 is 35.2. The standard InChI is InChI=1S/C7H7BrFNO2S/c1-13(11,12)4-2-5(8)7(10)6(9)3-4/h2-3H,10H2,1H3. The van der Waals surface area contributed by atoms with Gasteiger partial charge in [0.15, 0.2) is 9.84 Å². The predicted molar refractivity (Wildman–Crippen MR) is 51.6 cm³/mol. The van der Waals surface area contributed by atoms with Crippen molar-refractivity contribution in [1.29, 1.82) is 0 Å². The molecule has 0 atom stereocenters. The first kappa shape index (κ1) is 10.5. The zero-order chi connectivity index (χ0) is 10.2. The summed E-state index contributed by atoms with van der Waals surface area (Å²) in [6, 6.07) is 2.17. The zero-order valence-electron chi connectivity index (χ0n) is 6.71. The highest BCUT2D eigenvalue weighted by atomic mass is 79.9. The van der Waals surface area contributed by atoms with Gasteiger partial charge in [0.2, 0.25) is 0 Å². The SMILES string of the molecule is CS(=O)(=O)c1cc(F)c(N)c(Br)c1. The van der Waals surface area contributed by atoms with E-state index in [1.165, 1.54) is 6.07 Å². The Bertz CT molecular complexity index is 421. The predicted octanol–water partition coefficient (Wildman–Crippen LogP) is 1.57. The molecule has 0 aliphatic heterocycles. The Hall–Kier alpha value is -0.620. The molecule has 2 N–H and O–H groups in total. The number of benzene rings is 1. The van der Waals surface area contributed by atoms with Gasteiger partial charge in [0.25, 0.3) is 0 Å². The van der Waals surface area contributed by atoms with Crippen LogP contribution in [0.4, 0.5) is 10.1 Å². The molecule has 0 aliphatic carbocycles. The molecule has 72 valence electrons. The number of hydrogen-bond acceptors (Lipinski definition) is 3. The number of nitrogens with two attached hydrogens (primary N) is 1. The highest BCUT2D eigenvalue weighted by Gasteiger charge is 2.12. The molecule has 1 aromatic rings. The molecule has 0 amide bonds. The lowest BCUT2D eigenvalue weighted by atomic mass is 10.3. The van der Waals surface area contributed by atoms with Crippen LogP contribution in [-0.4, -0.2) is 14.7 Å². The molecule has 6 heteroatoms. The van der Waals surface area contributed by atoms with E-state index in [-0.39, 0.29) is 15.1 Å². The van der Waals surface area contributed by atoms with E-state index in [9.17, 15) is 12.8 Å². The Morgan fingerprint density at radius 1 is 1.46 bits per heavy atom. The third kappa shape index (κ3) is 2.19. The summed E-state index contributed by atoms with van der Waals surface area (Å²) in [7, 11) is -3.39. The molecule has 0 spiro atoms. The van der Waals surface area contributed by atoms with Crippen LogP contribution in [0.3, 0.4) is 0 Å². The van der Waals surface area contributed by atoms with Gasteiger partial charge < -0.3 is 5.73 Å². The molecule has 3 nitrogen and oxygen atoms in total. The Labute approximate surface area is 83.8 Å². The van der Waals surface area contributed by atoms with E-state index in [0.717, 1.165) is 12.3 Å². The van der Waals surface area contributed by atoms with Gasteiger partial charge >= 0.3 is 0 Å². The van der Waals surface area contributed by atoms with E-state index in [1.54, 1.807) is 0 Å². The van der Waals surface area contributed by atoms with Crippen molar-refractivity contribution in [1.82, 2.24) is 0 Å². The van der Waals surface area contributed by atoms with E-state index in [2.05, 4.69) is 15.9 Å². The molecule has 13 heavy (non-hydrogen) atoms. The van der Waals surface area contributed by atoms with Crippen molar-refractivity contribution in [2.45, 2.75) is 4.90 Å². The quantitative estimate of drug-likeness (QED) is 0.786. The van der Waals surface area contributed by atoms with Crippen LogP contribution in [0.25, 0.3) is 0 Å². The lowest BCUT2D eigenvalue weighted by molar-refractivity contribution is 0.596. The van der Waals surface area contributed by atoms with Crippen molar-refractivity contribution >= 4 is 31.5 Å².